The van der Waals surface area contributed by atoms with Crippen molar-refractivity contribution < 1.29 is 59.1 Å². The number of unbranched alkanes of at least 4 members (excludes halogenated alkanes) is 3. The molecule has 1 aromatic heterocycles. The molecule has 11 rings (SSSR count). The molecule has 582 valence electrons. The van der Waals surface area contributed by atoms with Crippen molar-refractivity contribution in [2.24, 2.45) is 22.7 Å². The van der Waals surface area contributed by atoms with Crippen molar-refractivity contribution in [3.8, 4) is 10.4 Å². The van der Waals surface area contributed by atoms with Crippen LogP contribution in [-0.2, 0) is 39.0 Å². The average Bonchev–Trinajstić information content (AvgIpc) is 1.18. The van der Waals surface area contributed by atoms with Gasteiger partial charge >= 0.3 is 5.51 Å². The first-order valence-corrected chi connectivity index (χ1v) is 42.5. The van der Waals surface area contributed by atoms with Crippen LogP contribution in [0.2, 0.25) is 5.02 Å². The number of carbonyl (C=O) groups excluding carboxylic acids is 5. The highest BCUT2D eigenvalue weighted by atomic mass is 35.5. The van der Waals surface area contributed by atoms with E-state index in [2.05, 4.69) is 61.6 Å². The summed E-state index contributed by atoms with van der Waals surface area (Å²) in [5.74, 6) is -1.50. The number of sulfonamides is 1. The third-order valence-electron chi connectivity index (χ3n) is 21.6. The molecular formula is C80H100ClF3N10O10S4. The number of aromatic nitrogens is 1. The van der Waals surface area contributed by atoms with E-state index in [1.54, 1.807) is 29.0 Å². The van der Waals surface area contributed by atoms with Crippen LogP contribution in [0.3, 0.4) is 0 Å². The van der Waals surface area contributed by atoms with Gasteiger partial charge in [0, 0.05) is 124 Å². The van der Waals surface area contributed by atoms with Crippen LogP contribution < -0.4 is 25.6 Å². The number of piperazine rings is 1. The minimum absolute atomic E-state index is 0.0333. The van der Waals surface area contributed by atoms with Crippen LogP contribution in [0.4, 0.5) is 24.5 Å². The topological polar surface area (TPSA) is 251 Å². The molecule has 28 heteroatoms. The number of hydrogen-bond donors (Lipinski definition) is 5. The summed E-state index contributed by atoms with van der Waals surface area (Å²) in [5, 5.41) is 20.5. The normalized spacial score (nSPS) is 20.3. The summed E-state index contributed by atoms with van der Waals surface area (Å²) in [7, 11) is -11.1. The number of aliphatic hydroxyl groups is 1. The van der Waals surface area contributed by atoms with E-state index in [4.69, 9.17) is 11.6 Å². The van der Waals surface area contributed by atoms with Crippen molar-refractivity contribution in [1.82, 2.24) is 39.9 Å². The molecule has 108 heavy (non-hydrogen) atoms. The first-order chi connectivity index (χ1) is 51.2. The second-order valence-corrected chi connectivity index (χ2v) is 37.4. The van der Waals surface area contributed by atoms with Gasteiger partial charge in [-0.25, -0.2) is 26.5 Å². The lowest BCUT2D eigenvalue weighted by molar-refractivity contribution is -0.144. The van der Waals surface area contributed by atoms with E-state index in [9.17, 15) is 59.1 Å². The van der Waals surface area contributed by atoms with Crippen LogP contribution in [0, 0.1) is 29.6 Å². The maximum atomic E-state index is 14.6. The molecule has 0 radical (unpaired) electrons. The number of amides is 5. The van der Waals surface area contributed by atoms with Crippen LogP contribution in [-0.4, -0.2) is 184 Å². The summed E-state index contributed by atoms with van der Waals surface area (Å²) in [6, 6.07) is 31.1. The lowest BCUT2D eigenvalue weighted by atomic mass is 9.73. The Kier molecular flexibility index (Phi) is 26.4. The lowest BCUT2D eigenvalue weighted by Crippen LogP contribution is -2.57. The van der Waals surface area contributed by atoms with Crippen molar-refractivity contribution in [3.63, 3.8) is 0 Å². The third-order valence-corrected chi connectivity index (χ3v) is 26.9. The Morgan fingerprint density at radius 1 is 0.778 bits per heavy atom. The van der Waals surface area contributed by atoms with Gasteiger partial charge in [0.1, 0.15) is 17.0 Å². The Morgan fingerprint density at radius 3 is 2.07 bits per heavy atom. The quantitative estimate of drug-likeness (QED) is 0.0216. The highest BCUT2D eigenvalue weighted by Gasteiger charge is 2.50. The number of nitrogens with one attached hydrogen (secondary N) is 4. The Bertz CT molecular complexity index is 4430. The van der Waals surface area contributed by atoms with Crippen LogP contribution in [0.1, 0.15) is 145 Å². The SMILES string of the molecule is Cc1ncsc1-c1ccc([C@H](C)NC(=O)[C@@H]2C[C@@H](O)CN2C(=O)C(NC(=O)CCCCCCC(=O)N2CC3CN(CCC(CSc4ccccc4)Nc4ccc(S(=O)(=O)NC(=O)c5ccc(N6CCN(CC7=C(c8ccc(Cl)cc8)CCC(C)(C)C7)CC6)cc5)cc4S(=O)(=O)C(F)(F)F)CC3C2)C(C)(C)C)cc1. The minimum Gasteiger partial charge on any atom is -0.391 e. The van der Waals surface area contributed by atoms with Gasteiger partial charge in [-0.05, 0) is 164 Å². The van der Waals surface area contributed by atoms with Crippen molar-refractivity contribution in [1.29, 1.82) is 0 Å². The number of likely N-dealkylation sites (tertiary alicyclic amines) is 3. The predicted octanol–water partition coefficient (Wildman–Crippen LogP) is 13.0. The van der Waals surface area contributed by atoms with Gasteiger partial charge in [0.25, 0.3) is 25.8 Å². The number of β-amino-alcohol motifs (C(OH)–C–C–N with tert-alkyl or cyclic N) is 1. The van der Waals surface area contributed by atoms with Gasteiger partial charge in [-0.15, -0.1) is 23.1 Å². The largest absolute Gasteiger partial charge is 0.501 e. The van der Waals surface area contributed by atoms with Crippen LogP contribution in [0.15, 0.2) is 147 Å². The number of rotatable bonds is 29. The molecule has 1 aliphatic carbocycles. The lowest BCUT2D eigenvalue weighted by Gasteiger charge is -2.39. The van der Waals surface area contributed by atoms with Crippen molar-refractivity contribution >= 4 is 101 Å². The molecule has 4 aliphatic heterocycles. The molecule has 4 fully saturated rings. The minimum atomic E-state index is -6.17. The number of alkyl halides is 3. The van der Waals surface area contributed by atoms with E-state index in [1.165, 1.54) is 45.5 Å². The molecular weight excluding hydrogens is 1480 g/mol. The molecule has 5 N–H and O–H groups in total. The van der Waals surface area contributed by atoms with Crippen molar-refractivity contribution in [2.45, 2.75) is 170 Å². The number of hydrogen-bond acceptors (Lipinski definition) is 17. The fourth-order valence-corrected chi connectivity index (χ4v) is 19.4. The fourth-order valence-electron chi connectivity index (χ4n) is 15.5. The molecule has 0 spiro atoms. The Labute approximate surface area is 646 Å². The van der Waals surface area contributed by atoms with E-state index in [-0.39, 0.29) is 60.1 Å². The van der Waals surface area contributed by atoms with Gasteiger partial charge in [0.15, 0.2) is 0 Å². The van der Waals surface area contributed by atoms with E-state index in [0.717, 1.165) is 83.3 Å². The summed E-state index contributed by atoms with van der Waals surface area (Å²) in [6.07, 6.45) is 5.62. The monoisotopic (exact) mass is 1580 g/mol. The molecule has 5 aromatic carbocycles. The number of aryl methyl sites for hydroxylation is 1. The maximum absolute atomic E-state index is 14.6. The maximum Gasteiger partial charge on any atom is 0.501 e. The van der Waals surface area contributed by atoms with Crippen molar-refractivity contribution in [3.05, 3.63) is 160 Å². The van der Waals surface area contributed by atoms with Crippen LogP contribution in [0.5, 0.6) is 0 Å². The molecule has 0 saturated carbocycles. The van der Waals surface area contributed by atoms with E-state index >= 15 is 0 Å². The summed E-state index contributed by atoms with van der Waals surface area (Å²) in [5.41, 5.74) is 2.64. The number of thioether (sulfide) groups is 1. The first-order valence-electron chi connectivity index (χ1n) is 37.3. The Balaban J connectivity index is 0.633. The summed E-state index contributed by atoms with van der Waals surface area (Å²) in [6.45, 7) is 20.7. The molecule has 7 atom stereocenters. The zero-order chi connectivity index (χ0) is 77.5. The van der Waals surface area contributed by atoms with Crippen LogP contribution in [0.25, 0.3) is 16.0 Å². The molecule has 5 aliphatic rings. The molecule has 0 bridgehead atoms. The van der Waals surface area contributed by atoms with Gasteiger partial charge in [0.05, 0.1) is 38.8 Å². The van der Waals surface area contributed by atoms with Crippen molar-refractivity contribution in [2.75, 3.05) is 88.0 Å². The Hall–Kier alpha value is -7.37. The van der Waals surface area contributed by atoms with E-state index in [0.29, 0.717) is 101 Å². The number of thiazole rings is 1. The molecule has 4 unspecified atom stereocenters. The second-order valence-electron chi connectivity index (χ2n) is 31.4. The number of fused-ring (bicyclic) bond motifs is 1. The molecule has 5 amide bonds. The number of aliphatic hydroxyl groups excluding tert-OH is 1. The molecule has 4 saturated heterocycles. The van der Waals surface area contributed by atoms with Gasteiger partial charge in [0.2, 0.25) is 23.6 Å². The van der Waals surface area contributed by atoms with E-state index < -0.39 is 88.2 Å². The second kappa shape index (κ2) is 34.9. The highest BCUT2D eigenvalue weighted by Crippen LogP contribution is 2.44. The Morgan fingerprint density at radius 2 is 1.44 bits per heavy atom. The van der Waals surface area contributed by atoms with Gasteiger partial charge in [-0.2, -0.15) is 13.2 Å². The average molecular weight is 1580 g/mol. The summed E-state index contributed by atoms with van der Waals surface area (Å²) < 4.78 is 101. The third kappa shape index (κ3) is 20.6. The number of allylic oxidation sites excluding steroid dienone is 1. The number of carbonyl (C=O) groups is 5. The first kappa shape index (κ1) is 81.6. The zero-order valence-electron chi connectivity index (χ0n) is 62.4. The number of sulfone groups is 1. The number of benzene rings is 5. The zero-order valence-corrected chi connectivity index (χ0v) is 66.4. The molecule has 20 nitrogen and oxygen atoms in total. The molecule has 5 heterocycles. The van der Waals surface area contributed by atoms with Gasteiger partial charge in [-0.1, -0.05) is 119 Å². The van der Waals surface area contributed by atoms with Crippen LogP contribution >= 0.6 is 34.7 Å². The van der Waals surface area contributed by atoms with Gasteiger partial charge < -0.3 is 40.7 Å². The number of nitrogens with zero attached hydrogens (tertiary/aromatic N) is 6. The smallest absolute Gasteiger partial charge is 0.391 e. The number of anilines is 2. The highest BCUT2D eigenvalue weighted by molar-refractivity contribution is 7.99. The number of halogens is 4. The molecule has 6 aromatic rings. The fraction of sp³-hybridized carbons (Fsp3) is 0.500. The summed E-state index contributed by atoms with van der Waals surface area (Å²) >= 11 is 9.21. The standard InChI is InChI=1S/C80H100ClF3N10O10S4/c1-52(54-19-21-56(22-20-54)73-53(2)85-51-106-73)86-76(99)69-41-64(95)49-94(69)77(100)74(78(3,4)5)88-71(96)17-13-8-9-14-18-72(97)93-47-59-45-91(46-60(59)48-93)36-34-62(50-105-65-15-11-10-12-16-65)87-68-32-31-66(42-70(68)107(101,102)80(82,83)84)108(103,104)89-75(98)57-25-29-63(30-26-57)92-39-37-90(38-40-92)44-58-43-79(6,7)35-33-67(58)55-23-27-61(81)28-24-55/h10-12,15-16,19-32,42,51-52,59-60,62,64,69,74,87,95H,8-9,13-14,17-18,33-41,43-50H2,1-7H3,(H,86,99)(H,88,96)(H,89,98)/t52-,59?,60?,62?,64+,69-,74?/m0/s1. The summed E-state index contributed by atoms with van der Waals surface area (Å²) in [4.78, 5) is 83.1. The van der Waals surface area contributed by atoms with E-state index in [1.807, 2.05) is 111 Å². The van der Waals surface area contributed by atoms with Gasteiger partial charge in [-0.3, -0.25) is 28.9 Å². The predicted molar refractivity (Wildman–Crippen MR) is 419 cm³/mol.